The Hall–Kier alpha value is -3.43. The zero-order chi connectivity index (χ0) is 24.4. The summed E-state index contributed by atoms with van der Waals surface area (Å²) in [5, 5.41) is 11.3. The molecule has 0 unspecified atom stereocenters. The summed E-state index contributed by atoms with van der Waals surface area (Å²) in [6, 6.07) is 18.4. The van der Waals surface area contributed by atoms with Gasteiger partial charge in [-0.2, -0.15) is 0 Å². The van der Waals surface area contributed by atoms with Crippen LogP contribution in [0.5, 0.6) is 0 Å². The molecule has 1 saturated heterocycles. The summed E-state index contributed by atoms with van der Waals surface area (Å²) >= 11 is 5.96. The molecule has 2 aromatic carbocycles. The zero-order valence-corrected chi connectivity index (χ0v) is 20.2. The van der Waals surface area contributed by atoms with E-state index in [9.17, 15) is 9.90 Å². The Morgan fingerprint density at radius 3 is 2.49 bits per heavy atom. The number of hydrogen-bond donors (Lipinski definition) is 1. The van der Waals surface area contributed by atoms with E-state index in [1.165, 1.54) is 0 Å². The third-order valence-corrected chi connectivity index (χ3v) is 6.62. The van der Waals surface area contributed by atoms with E-state index < -0.39 is 5.60 Å². The van der Waals surface area contributed by atoms with Crippen molar-refractivity contribution in [2.75, 3.05) is 13.1 Å². The van der Waals surface area contributed by atoms with Gasteiger partial charge in [0.1, 0.15) is 17.0 Å². The number of rotatable bonds is 3. The molecule has 1 aliphatic heterocycles. The van der Waals surface area contributed by atoms with Crippen LogP contribution in [0, 0.1) is 11.8 Å². The summed E-state index contributed by atoms with van der Waals surface area (Å²) in [4.78, 5) is 19.4. The van der Waals surface area contributed by atoms with Gasteiger partial charge in [0.15, 0.2) is 5.43 Å². The smallest absolute Gasteiger partial charge is 0.193 e. The molecule has 1 N–H and O–H groups in total. The van der Waals surface area contributed by atoms with E-state index >= 15 is 0 Å². The fourth-order valence-electron chi connectivity index (χ4n) is 4.19. The topological polar surface area (TPSA) is 66.6 Å². The summed E-state index contributed by atoms with van der Waals surface area (Å²) < 4.78 is 6.00. The molecule has 6 heteroatoms. The Morgan fingerprint density at radius 2 is 1.77 bits per heavy atom. The van der Waals surface area contributed by atoms with Gasteiger partial charge in [-0.3, -0.25) is 9.69 Å². The van der Waals surface area contributed by atoms with Crippen molar-refractivity contribution in [2.24, 2.45) is 0 Å². The number of benzene rings is 2. The normalized spacial score (nSPS) is 15.5. The van der Waals surface area contributed by atoms with E-state index in [0.717, 1.165) is 29.8 Å². The lowest BCUT2D eigenvalue weighted by Crippen LogP contribution is -2.42. The Labute approximate surface area is 209 Å². The van der Waals surface area contributed by atoms with Crippen molar-refractivity contribution in [3.05, 3.63) is 99.1 Å². The van der Waals surface area contributed by atoms with Gasteiger partial charge in [-0.05, 0) is 67.6 Å². The molecule has 0 radical (unpaired) electrons. The van der Waals surface area contributed by atoms with Crippen molar-refractivity contribution in [2.45, 2.75) is 31.9 Å². The molecule has 0 spiro atoms. The molecule has 3 heterocycles. The number of hydrogen-bond acceptors (Lipinski definition) is 5. The second kappa shape index (κ2) is 9.67. The monoisotopic (exact) mass is 484 g/mol. The Bertz CT molecular complexity index is 1470. The number of piperidine rings is 1. The highest BCUT2D eigenvalue weighted by atomic mass is 35.5. The van der Waals surface area contributed by atoms with Gasteiger partial charge in [0.25, 0.3) is 0 Å². The molecule has 2 aromatic heterocycles. The van der Waals surface area contributed by atoms with Crippen molar-refractivity contribution in [1.82, 2.24) is 9.88 Å². The van der Waals surface area contributed by atoms with Gasteiger partial charge >= 0.3 is 0 Å². The Balaban J connectivity index is 1.31. The average Bonchev–Trinajstić information content (AvgIpc) is 2.85. The maximum Gasteiger partial charge on any atom is 0.193 e. The predicted octanol–water partition coefficient (Wildman–Crippen LogP) is 5.26. The first kappa shape index (κ1) is 23.3. The molecule has 0 amide bonds. The van der Waals surface area contributed by atoms with Crippen molar-refractivity contribution >= 4 is 22.6 Å². The van der Waals surface area contributed by atoms with E-state index in [2.05, 4.69) is 21.7 Å². The van der Waals surface area contributed by atoms with Crippen LogP contribution >= 0.6 is 11.6 Å². The molecular formula is C29H25ClN2O3. The summed E-state index contributed by atoms with van der Waals surface area (Å²) in [6.07, 6.45) is 3.21. The average molecular weight is 485 g/mol. The van der Waals surface area contributed by atoms with Crippen LogP contribution in [0.3, 0.4) is 0 Å². The van der Waals surface area contributed by atoms with Crippen LogP contribution < -0.4 is 5.43 Å². The first-order chi connectivity index (χ1) is 16.8. The SMILES string of the molecule is CC1(O)CCN(Cc2cc(=O)c3cc(C#Cc4ccc(-c5ccc(Cl)cc5)cn4)ccc3o2)CC1. The van der Waals surface area contributed by atoms with E-state index in [1.54, 1.807) is 24.4 Å². The summed E-state index contributed by atoms with van der Waals surface area (Å²) in [7, 11) is 0. The number of likely N-dealkylation sites (tertiary alicyclic amines) is 1. The first-order valence-corrected chi connectivity index (χ1v) is 12.0. The molecule has 35 heavy (non-hydrogen) atoms. The minimum absolute atomic E-state index is 0.0839. The molecule has 1 fully saturated rings. The van der Waals surface area contributed by atoms with Crippen LogP contribution in [0.25, 0.3) is 22.1 Å². The largest absolute Gasteiger partial charge is 0.459 e. The quantitative estimate of drug-likeness (QED) is 0.402. The van der Waals surface area contributed by atoms with E-state index in [4.69, 9.17) is 16.0 Å². The molecule has 0 saturated carbocycles. The van der Waals surface area contributed by atoms with Crippen LogP contribution in [0.1, 0.15) is 36.8 Å². The fourth-order valence-corrected chi connectivity index (χ4v) is 4.32. The summed E-state index contributed by atoms with van der Waals surface area (Å²) in [6.45, 7) is 3.98. The van der Waals surface area contributed by atoms with Gasteiger partial charge in [-0.1, -0.05) is 35.7 Å². The van der Waals surface area contributed by atoms with Crippen LogP contribution in [0.15, 0.2) is 76.1 Å². The minimum Gasteiger partial charge on any atom is -0.459 e. The van der Waals surface area contributed by atoms with Gasteiger partial charge in [-0.15, -0.1) is 0 Å². The molecule has 4 aromatic rings. The van der Waals surface area contributed by atoms with Crippen LogP contribution in [0.2, 0.25) is 5.02 Å². The third kappa shape index (κ3) is 5.63. The number of nitrogens with zero attached hydrogens (tertiary/aromatic N) is 2. The zero-order valence-electron chi connectivity index (χ0n) is 19.4. The first-order valence-electron chi connectivity index (χ1n) is 11.6. The van der Waals surface area contributed by atoms with Crippen molar-refractivity contribution in [3.8, 4) is 23.0 Å². The summed E-state index contributed by atoms with van der Waals surface area (Å²) in [5.74, 6) is 6.79. The van der Waals surface area contributed by atoms with E-state index in [-0.39, 0.29) is 5.43 Å². The van der Waals surface area contributed by atoms with Crippen LogP contribution in [-0.4, -0.2) is 33.7 Å². The highest BCUT2D eigenvalue weighted by Crippen LogP contribution is 2.23. The molecular weight excluding hydrogens is 460 g/mol. The molecule has 0 aliphatic carbocycles. The number of halogens is 1. The molecule has 5 rings (SSSR count). The molecule has 5 nitrogen and oxygen atoms in total. The Morgan fingerprint density at radius 1 is 1.03 bits per heavy atom. The van der Waals surface area contributed by atoms with Crippen molar-refractivity contribution in [3.63, 3.8) is 0 Å². The number of aliphatic hydroxyl groups is 1. The van der Waals surface area contributed by atoms with E-state index in [0.29, 0.717) is 46.8 Å². The van der Waals surface area contributed by atoms with Gasteiger partial charge < -0.3 is 9.52 Å². The van der Waals surface area contributed by atoms with Crippen molar-refractivity contribution < 1.29 is 9.52 Å². The van der Waals surface area contributed by atoms with Gasteiger partial charge in [0, 0.05) is 41.5 Å². The van der Waals surface area contributed by atoms with Gasteiger partial charge in [0.05, 0.1) is 17.5 Å². The molecule has 1 aliphatic rings. The maximum absolute atomic E-state index is 12.8. The second-order valence-electron chi connectivity index (χ2n) is 9.25. The number of aromatic nitrogens is 1. The number of fused-ring (bicyclic) bond motifs is 1. The standard InChI is InChI=1S/C29H25ClN2O3/c1-29(34)12-14-32(15-13-29)19-25-17-27(33)26-16-20(3-11-28(26)35-25)2-9-24-10-6-22(18-31-24)21-4-7-23(30)8-5-21/h3-8,10-11,16-18,34H,12-15,19H2,1H3. The van der Waals surface area contributed by atoms with Crippen molar-refractivity contribution in [1.29, 1.82) is 0 Å². The van der Waals surface area contributed by atoms with Gasteiger partial charge in [-0.25, -0.2) is 4.98 Å². The predicted molar refractivity (Wildman–Crippen MR) is 138 cm³/mol. The highest BCUT2D eigenvalue weighted by Gasteiger charge is 2.27. The Kier molecular flexibility index (Phi) is 6.44. The number of pyridine rings is 1. The van der Waals surface area contributed by atoms with E-state index in [1.807, 2.05) is 49.4 Å². The summed E-state index contributed by atoms with van der Waals surface area (Å²) in [5.41, 5.74) is 3.25. The lowest BCUT2D eigenvalue weighted by atomic mass is 9.94. The highest BCUT2D eigenvalue weighted by molar-refractivity contribution is 6.30. The molecule has 176 valence electrons. The molecule has 0 bridgehead atoms. The lowest BCUT2D eigenvalue weighted by molar-refractivity contribution is -0.00868. The second-order valence-corrected chi connectivity index (χ2v) is 9.69. The maximum atomic E-state index is 12.8. The van der Waals surface area contributed by atoms with Crippen LogP contribution in [-0.2, 0) is 6.54 Å². The third-order valence-electron chi connectivity index (χ3n) is 6.37. The molecule has 0 atom stereocenters. The fraction of sp³-hybridized carbons (Fsp3) is 0.241. The van der Waals surface area contributed by atoms with Crippen LogP contribution in [0.4, 0.5) is 0 Å². The minimum atomic E-state index is -0.605. The lowest BCUT2D eigenvalue weighted by Gasteiger charge is -2.35. The van der Waals surface area contributed by atoms with Gasteiger partial charge in [0.2, 0.25) is 0 Å².